The van der Waals surface area contributed by atoms with Crippen molar-refractivity contribution in [2.24, 2.45) is 0 Å². The summed E-state index contributed by atoms with van der Waals surface area (Å²) in [4.78, 5) is 24.5. The number of fused-ring (bicyclic) bond motifs is 1. The molecular formula is C22H21NO6. The van der Waals surface area contributed by atoms with E-state index in [1.54, 1.807) is 6.07 Å². The molecule has 3 rings (SSSR count). The monoisotopic (exact) mass is 395 g/mol. The van der Waals surface area contributed by atoms with Gasteiger partial charge < -0.3 is 24.3 Å². The van der Waals surface area contributed by atoms with Crippen molar-refractivity contribution in [2.75, 3.05) is 33.3 Å². The Morgan fingerprint density at radius 2 is 1.55 bits per heavy atom. The van der Waals surface area contributed by atoms with E-state index in [1.807, 2.05) is 36.4 Å². The Hall–Kier alpha value is -3.74. The van der Waals surface area contributed by atoms with Gasteiger partial charge in [-0.2, -0.15) is 0 Å². The van der Waals surface area contributed by atoms with Crippen LogP contribution in [0.1, 0.15) is 10.4 Å². The first-order valence-corrected chi connectivity index (χ1v) is 8.81. The molecule has 0 atom stereocenters. The Morgan fingerprint density at radius 3 is 2.24 bits per heavy atom. The van der Waals surface area contributed by atoms with Crippen LogP contribution in [0.15, 0.2) is 54.6 Å². The van der Waals surface area contributed by atoms with Crippen molar-refractivity contribution >= 4 is 28.3 Å². The molecule has 0 aromatic heterocycles. The number of rotatable bonds is 7. The standard InChI is InChI=1S/C22H21NO6/c1-26-19-11-17(22(25)28-3)18(12-20(19)27-2)23-21(24)13-29-16-9-8-14-6-4-5-7-15(14)10-16/h4-12H,13H2,1-3H3,(H,23,24). The van der Waals surface area contributed by atoms with E-state index in [0.29, 0.717) is 17.2 Å². The summed E-state index contributed by atoms with van der Waals surface area (Å²) >= 11 is 0. The Kier molecular flexibility index (Phi) is 6.19. The topological polar surface area (TPSA) is 83.1 Å². The second kappa shape index (κ2) is 8.97. The molecule has 0 unspecified atom stereocenters. The van der Waals surface area contributed by atoms with Gasteiger partial charge in [-0.25, -0.2) is 4.79 Å². The number of amides is 1. The molecule has 7 heteroatoms. The van der Waals surface area contributed by atoms with Gasteiger partial charge in [0.25, 0.3) is 5.91 Å². The number of methoxy groups -OCH3 is 3. The van der Waals surface area contributed by atoms with Gasteiger partial charge in [0, 0.05) is 12.1 Å². The molecule has 0 saturated carbocycles. The number of carbonyl (C=O) groups is 2. The third kappa shape index (κ3) is 4.57. The summed E-state index contributed by atoms with van der Waals surface area (Å²) in [6.07, 6.45) is 0. The van der Waals surface area contributed by atoms with E-state index in [9.17, 15) is 9.59 Å². The minimum absolute atomic E-state index is 0.143. The highest BCUT2D eigenvalue weighted by molar-refractivity contribution is 6.02. The van der Waals surface area contributed by atoms with E-state index in [0.717, 1.165) is 10.8 Å². The summed E-state index contributed by atoms with van der Waals surface area (Å²) in [5.41, 5.74) is 0.380. The molecule has 3 aromatic carbocycles. The van der Waals surface area contributed by atoms with Crippen LogP contribution in [0.25, 0.3) is 10.8 Å². The van der Waals surface area contributed by atoms with E-state index in [1.165, 1.54) is 33.5 Å². The molecule has 0 aliphatic heterocycles. The number of nitrogens with one attached hydrogen (secondary N) is 1. The van der Waals surface area contributed by atoms with Crippen molar-refractivity contribution in [1.82, 2.24) is 0 Å². The van der Waals surface area contributed by atoms with Crippen LogP contribution in [0, 0.1) is 0 Å². The van der Waals surface area contributed by atoms with Crippen LogP contribution in [-0.2, 0) is 9.53 Å². The number of anilines is 1. The van der Waals surface area contributed by atoms with Gasteiger partial charge in [-0.15, -0.1) is 0 Å². The fourth-order valence-electron chi connectivity index (χ4n) is 2.85. The number of esters is 1. The van der Waals surface area contributed by atoms with E-state index >= 15 is 0 Å². The molecule has 7 nitrogen and oxygen atoms in total. The molecule has 29 heavy (non-hydrogen) atoms. The first-order valence-electron chi connectivity index (χ1n) is 8.81. The molecule has 0 saturated heterocycles. The molecule has 3 aromatic rings. The van der Waals surface area contributed by atoms with Crippen molar-refractivity contribution < 1.29 is 28.5 Å². The highest BCUT2D eigenvalue weighted by Gasteiger charge is 2.19. The maximum atomic E-state index is 12.4. The second-order valence-electron chi connectivity index (χ2n) is 6.09. The Bertz CT molecular complexity index is 1050. The first kappa shape index (κ1) is 20.0. The SMILES string of the molecule is COC(=O)c1cc(OC)c(OC)cc1NC(=O)COc1ccc2ccccc2c1. The minimum atomic E-state index is -0.614. The highest BCUT2D eigenvalue weighted by Crippen LogP contribution is 2.33. The lowest BCUT2D eigenvalue weighted by Crippen LogP contribution is -2.22. The summed E-state index contributed by atoms with van der Waals surface area (Å²) in [6.45, 7) is -0.229. The van der Waals surface area contributed by atoms with Gasteiger partial charge in [0.15, 0.2) is 18.1 Å². The zero-order chi connectivity index (χ0) is 20.8. The summed E-state index contributed by atoms with van der Waals surface area (Å²) in [7, 11) is 4.17. The quantitative estimate of drug-likeness (QED) is 0.615. The summed E-state index contributed by atoms with van der Waals surface area (Å²) in [5.74, 6) is 0.232. The van der Waals surface area contributed by atoms with Gasteiger partial charge in [0.2, 0.25) is 0 Å². The predicted octanol–water partition coefficient (Wildman–Crippen LogP) is 3.66. The molecule has 0 aliphatic rings. The van der Waals surface area contributed by atoms with Crippen LogP contribution in [-0.4, -0.2) is 39.8 Å². The lowest BCUT2D eigenvalue weighted by molar-refractivity contribution is -0.118. The summed E-state index contributed by atoms with van der Waals surface area (Å²) in [5, 5.41) is 4.75. The van der Waals surface area contributed by atoms with E-state index < -0.39 is 11.9 Å². The first-order chi connectivity index (χ1) is 14.0. The highest BCUT2D eigenvalue weighted by atomic mass is 16.5. The molecule has 0 aliphatic carbocycles. The van der Waals surface area contributed by atoms with Gasteiger partial charge >= 0.3 is 5.97 Å². The number of ether oxygens (including phenoxy) is 4. The average molecular weight is 395 g/mol. The van der Waals surface area contributed by atoms with Crippen molar-refractivity contribution in [3.63, 3.8) is 0 Å². The Morgan fingerprint density at radius 1 is 0.862 bits per heavy atom. The summed E-state index contributed by atoms with van der Waals surface area (Å²) in [6, 6.07) is 16.4. The zero-order valence-electron chi connectivity index (χ0n) is 16.4. The number of carbonyl (C=O) groups excluding carboxylic acids is 2. The maximum Gasteiger partial charge on any atom is 0.340 e. The number of benzene rings is 3. The van der Waals surface area contributed by atoms with Gasteiger partial charge in [-0.3, -0.25) is 4.79 Å². The number of hydrogen-bond acceptors (Lipinski definition) is 6. The van der Waals surface area contributed by atoms with Gasteiger partial charge in [-0.05, 0) is 22.9 Å². The third-order valence-electron chi connectivity index (χ3n) is 4.29. The molecule has 1 amide bonds. The van der Waals surface area contributed by atoms with E-state index in [4.69, 9.17) is 18.9 Å². The normalized spacial score (nSPS) is 10.3. The van der Waals surface area contributed by atoms with Crippen LogP contribution in [0.3, 0.4) is 0 Å². The van der Waals surface area contributed by atoms with Crippen molar-refractivity contribution in [3.8, 4) is 17.2 Å². The predicted molar refractivity (Wildman–Crippen MR) is 109 cm³/mol. The molecule has 1 N–H and O–H groups in total. The average Bonchev–Trinajstić information content (AvgIpc) is 2.76. The molecular weight excluding hydrogens is 374 g/mol. The molecule has 0 spiro atoms. The maximum absolute atomic E-state index is 12.4. The van der Waals surface area contributed by atoms with E-state index in [-0.39, 0.29) is 17.9 Å². The van der Waals surface area contributed by atoms with Gasteiger partial charge in [0.1, 0.15) is 5.75 Å². The lowest BCUT2D eigenvalue weighted by Gasteiger charge is -2.15. The Balaban J connectivity index is 1.75. The third-order valence-corrected chi connectivity index (χ3v) is 4.29. The van der Waals surface area contributed by atoms with Crippen LogP contribution in [0.2, 0.25) is 0 Å². The van der Waals surface area contributed by atoms with Crippen LogP contribution in [0.4, 0.5) is 5.69 Å². The molecule has 150 valence electrons. The summed E-state index contributed by atoms with van der Waals surface area (Å²) < 4.78 is 20.8. The lowest BCUT2D eigenvalue weighted by atomic mass is 10.1. The molecule has 0 bridgehead atoms. The number of hydrogen-bond donors (Lipinski definition) is 1. The van der Waals surface area contributed by atoms with Crippen molar-refractivity contribution in [1.29, 1.82) is 0 Å². The molecule has 0 radical (unpaired) electrons. The fourth-order valence-corrected chi connectivity index (χ4v) is 2.85. The van der Waals surface area contributed by atoms with Crippen LogP contribution in [0.5, 0.6) is 17.2 Å². The molecule has 0 fully saturated rings. The van der Waals surface area contributed by atoms with Crippen LogP contribution >= 0.6 is 0 Å². The Labute approximate surface area is 168 Å². The van der Waals surface area contributed by atoms with Crippen LogP contribution < -0.4 is 19.5 Å². The van der Waals surface area contributed by atoms with Crippen molar-refractivity contribution in [2.45, 2.75) is 0 Å². The smallest absolute Gasteiger partial charge is 0.340 e. The van der Waals surface area contributed by atoms with Crippen molar-refractivity contribution in [3.05, 3.63) is 60.2 Å². The fraction of sp³-hybridized carbons (Fsp3) is 0.182. The minimum Gasteiger partial charge on any atom is -0.493 e. The zero-order valence-corrected chi connectivity index (χ0v) is 16.4. The molecule has 0 heterocycles. The van der Waals surface area contributed by atoms with Gasteiger partial charge in [-0.1, -0.05) is 30.3 Å². The van der Waals surface area contributed by atoms with Gasteiger partial charge in [0.05, 0.1) is 32.6 Å². The van der Waals surface area contributed by atoms with E-state index in [2.05, 4.69) is 5.32 Å². The largest absolute Gasteiger partial charge is 0.493 e. The second-order valence-corrected chi connectivity index (χ2v) is 6.09.